The van der Waals surface area contributed by atoms with Gasteiger partial charge in [0.2, 0.25) is 0 Å². The highest BCUT2D eigenvalue weighted by molar-refractivity contribution is 7.99. The van der Waals surface area contributed by atoms with Crippen LogP contribution in [0.4, 0.5) is 5.82 Å². The third-order valence-corrected chi connectivity index (χ3v) is 4.26. The lowest BCUT2D eigenvalue weighted by atomic mass is 10.1. The average molecular weight is 269 g/mol. The Morgan fingerprint density at radius 3 is 2.89 bits per heavy atom. The molecule has 0 amide bonds. The quantitative estimate of drug-likeness (QED) is 0.753. The van der Waals surface area contributed by atoms with Gasteiger partial charge in [-0.2, -0.15) is 11.8 Å². The number of thioether (sulfide) groups is 1. The predicted octanol–water partition coefficient (Wildman–Crippen LogP) is 0.937. The van der Waals surface area contributed by atoms with Crippen LogP contribution < -0.4 is 11.3 Å². The van der Waals surface area contributed by atoms with Gasteiger partial charge in [-0.3, -0.25) is 9.59 Å². The van der Waals surface area contributed by atoms with Gasteiger partial charge in [-0.25, -0.2) is 4.98 Å². The third-order valence-electron chi connectivity index (χ3n) is 2.88. The molecular formula is C11H15N3O3S. The molecule has 1 fully saturated rings. The first kappa shape index (κ1) is 12.9. The second-order valence-corrected chi connectivity index (χ2v) is 5.55. The number of nitrogen functional groups attached to an aromatic ring is 1. The molecule has 7 heteroatoms. The fourth-order valence-electron chi connectivity index (χ4n) is 1.96. The van der Waals surface area contributed by atoms with Crippen molar-refractivity contribution in [3.63, 3.8) is 0 Å². The first-order valence-corrected chi connectivity index (χ1v) is 6.84. The summed E-state index contributed by atoms with van der Waals surface area (Å²) in [5.74, 6) is 0.554. The standard InChI is InChI=1S/C11H15N3O3S/c12-9-6(5-8(15)16)11(17)14-10(13-9)7-3-1-2-4-18-7/h7H,1-5H2,(H,15,16)(H3,12,13,14,17). The maximum absolute atomic E-state index is 11.8. The van der Waals surface area contributed by atoms with Crippen molar-refractivity contribution in [2.45, 2.75) is 30.9 Å². The first-order valence-electron chi connectivity index (χ1n) is 5.80. The zero-order chi connectivity index (χ0) is 13.1. The zero-order valence-electron chi connectivity index (χ0n) is 9.81. The fourth-order valence-corrected chi connectivity index (χ4v) is 3.22. The molecule has 1 atom stereocenters. The largest absolute Gasteiger partial charge is 0.481 e. The Morgan fingerprint density at radius 1 is 1.56 bits per heavy atom. The van der Waals surface area contributed by atoms with Crippen LogP contribution in [0.5, 0.6) is 0 Å². The molecule has 1 unspecified atom stereocenters. The molecule has 6 nitrogen and oxygen atoms in total. The Morgan fingerprint density at radius 2 is 2.33 bits per heavy atom. The summed E-state index contributed by atoms with van der Waals surface area (Å²) in [6.07, 6.45) is 2.85. The second kappa shape index (κ2) is 5.43. The molecule has 18 heavy (non-hydrogen) atoms. The molecule has 0 aromatic carbocycles. The van der Waals surface area contributed by atoms with Gasteiger partial charge in [0.15, 0.2) is 0 Å². The van der Waals surface area contributed by atoms with E-state index in [0.717, 1.165) is 18.6 Å². The highest BCUT2D eigenvalue weighted by Gasteiger charge is 2.21. The number of carboxylic acid groups (broad SMARTS) is 1. The van der Waals surface area contributed by atoms with Gasteiger partial charge >= 0.3 is 5.97 Å². The van der Waals surface area contributed by atoms with Gasteiger partial charge < -0.3 is 15.8 Å². The van der Waals surface area contributed by atoms with Gasteiger partial charge in [-0.05, 0) is 18.6 Å². The van der Waals surface area contributed by atoms with Crippen LogP contribution in [0.25, 0.3) is 0 Å². The number of carbonyl (C=O) groups is 1. The maximum Gasteiger partial charge on any atom is 0.308 e. The molecule has 0 bridgehead atoms. The normalized spacial score (nSPS) is 19.7. The van der Waals surface area contributed by atoms with E-state index in [0.29, 0.717) is 5.82 Å². The number of carboxylic acids is 1. The Hall–Kier alpha value is -1.50. The second-order valence-electron chi connectivity index (χ2n) is 4.24. The average Bonchev–Trinajstić information content (AvgIpc) is 2.34. The molecule has 2 rings (SSSR count). The smallest absolute Gasteiger partial charge is 0.308 e. The third kappa shape index (κ3) is 2.84. The van der Waals surface area contributed by atoms with Gasteiger partial charge in [0.25, 0.3) is 5.56 Å². The van der Waals surface area contributed by atoms with E-state index in [1.165, 1.54) is 6.42 Å². The molecule has 1 saturated heterocycles. The Bertz CT molecular complexity index is 509. The molecule has 4 N–H and O–H groups in total. The van der Waals surface area contributed by atoms with Crippen molar-refractivity contribution in [1.29, 1.82) is 0 Å². The summed E-state index contributed by atoms with van der Waals surface area (Å²) in [4.78, 5) is 29.2. The van der Waals surface area contributed by atoms with Gasteiger partial charge in [-0.15, -0.1) is 0 Å². The Kier molecular flexibility index (Phi) is 3.90. The molecule has 0 aliphatic carbocycles. The Labute approximate surface area is 108 Å². The Balaban J connectivity index is 2.29. The van der Waals surface area contributed by atoms with E-state index in [1.54, 1.807) is 11.8 Å². The van der Waals surface area contributed by atoms with Gasteiger partial charge in [0.1, 0.15) is 11.6 Å². The van der Waals surface area contributed by atoms with Crippen molar-refractivity contribution in [2.75, 3.05) is 11.5 Å². The summed E-state index contributed by atoms with van der Waals surface area (Å²) < 4.78 is 0. The molecule has 0 radical (unpaired) electrons. The van der Waals surface area contributed by atoms with E-state index >= 15 is 0 Å². The summed E-state index contributed by atoms with van der Waals surface area (Å²) in [5, 5.41) is 8.85. The van der Waals surface area contributed by atoms with Crippen LogP contribution in [0.2, 0.25) is 0 Å². The van der Waals surface area contributed by atoms with Crippen LogP contribution in [0.3, 0.4) is 0 Å². The minimum atomic E-state index is -1.09. The van der Waals surface area contributed by atoms with Crippen molar-refractivity contribution in [3.05, 3.63) is 21.7 Å². The molecule has 2 heterocycles. The topological polar surface area (TPSA) is 109 Å². The van der Waals surface area contributed by atoms with Crippen molar-refractivity contribution < 1.29 is 9.90 Å². The summed E-state index contributed by atoms with van der Waals surface area (Å²) in [6, 6.07) is 0. The van der Waals surface area contributed by atoms with E-state index in [-0.39, 0.29) is 16.6 Å². The molecule has 1 aromatic rings. The van der Waals surface area contributed by atoms with Crippen LogP contribution in [-0.2, 0) is 11.2 Å². The van der Waals surface area contributed by atoms with E-state index < -0.39 is 17.9 Å². The van der Waals surface area contributed by atoms with E-state index in [2.05, 4.69) is 9.97 Å². The van der Waals surface area contributed by atoms with Crippen molar-refractivity contribution in [1.82, 2.24) is 9.97 Å². The van der Waals surface area contributed by atoms with E-state index in [1.807, 2.05) is 0 Å². The lowest BCUT2D eigenvalue weighted by Gasteiger charge is -2.20. The van der Waals surface area contributed by atoms with E-state index in [4.69, 9.17) is 10.8 Å². The first-order chi connectivity index (χ1) is 8.58. The number of nitrogens with zero attached hydrogens (tertiary/aromatic N) is 1. The number of nitrogens with two attached hydrogens (primary N) is 1. The van der Waals surface area contributed by atoms with Crippen LogP contribution in [-0.4, -0.2) is 26.8 Å². The van der Waals surface area contributed by atoms with Gasteiger partial charge in [0, 0.05) is 0 Å². The number of anilines is 1. The number of rotatable bonds is 3. The van der Waals surface area contributed by atoms with Gasteiger partial charge in [-0.1, -0.05) is 6.42 Å². The SMILES string of the molecule is Nc1nc(C2CCCCS2)[nH]c(=O)c1CC(=O)O. The van der Waals surface area contributed by atoms with Crippen molar-refractivity contribution in [3.8, 4) is 0 Å². The number of hydrogen-bond acceptors (Lipinski definition) is 5. The zero-order valence-corrected chi connectivity index (χ0v) is 10.6. The number of nitrogens with one attached hydrogen (secondary N) is 1. The molecule has 1 aliphatic rings. The number of hydrogen-bond donors (Lipinski definition) is 3. The highest BCUT2D eigenvalue weighted by Crippen LogP contribution is 2.36. The number of aromatic nitrogens is 2. The molecule has 0 spiro atoms. The fraction of sp³-hybridized carbons (Fsp3) is 0.545. The van der Waals surface area contributed by atoms with Crippen LogP contribution in [0.1, 0.15) is 35.9 Å². The van der Waals surface area contributed by atoms with Crippen LogP contribution >= 0.6 is 11.8 Å². The number of aromatic amines is 1. The van der Waals surface area contributed by atoms with Crippen molar-refractivity contribution >= 4 is 23.5 Å². The minimum absolute atomic E-state index is 0.0299. The molecule has 0 saturated carbocycles. The number of H-pyrrole nitrogens is 1. The highest BCUT2D eigenvalue weighted by atomic mass is 32.2. The molecular weight excluding hydrogens is 254 g/mol. The lowest BCUT2D eigenvalue weighted by Crippen LogP contribution is -2.23. The predicted molar refractivity (Wildman–Crippen MR) is 69.7 cm³/mol. The maximum atomic E-state index is 11.8. The van der Waals surface area contributed by atoms with E-state index in [9.17, 15) is 9.59 Å². The summed E-state index contributed by atoms with van der Waals surface area (Å²) in [5.41, 5.74) is 5.27. The van der Waals surface area contributed by atoms with Crippen LogP contribution in [0, 0.1) is 0 Å². The minimum Gasteiger partial charge on any atom is -0.481 e. The van der Waals surface area contributed by atoms with Crippen molar-refractivity contribution in [2.24, 2.45) is 0 Å². The summed E-state index contributed by atoms with van der Waals surface area (Å²) in [6.45, 7) is 0. The monoisotopic (exact) mass is 269 g/mol. The molecule has 98 valence electrons. The van der Waals surface area contributed by atoms with Crippen LogP contribution in [0.15, 0.2) is 4.79 Å². The number of aliphatic carboxylic acids is 1. The summed E-state index contributed by atoms with van der Waals surface area (Å²) >= 11 is 1.75. The molecule has 1 aromatic heterocycles. The molecule has 1 aliphatic heterocycles. The summed E-state index contributed by atoms with van der Waals surface area (Å²) in [7, 11) is 0. The lowest BCUT2D eigenvalue weighted by molar-refractivity contribution is -0.136. The van der Waals surface area contributed by atoms with Gasteiger partial charge in [0.05, 0.1) is 17.2 Å².